The average molecular weight is 670 g/mol. The van der Waals surface area contributed by atoms with Gasteiger partial charge in [-0.25, -0.2) is 0 Å². The van der Waals surface area contributed by atoms with Crippen molar-refractivity contribution in [3.63, 3.8) is 0 Å². The van der Waals surface area contributed by atoms with E-state index < -0.39 is 0 Å². The summed E-state index contributed by atoms with van der Waals surface area (Å²) in [6.45, 7) is 0. The van der Waals surface area contributed by atoms with Crippen molar-refractivity contribution in [3.05, 3.63) is 175 Å². The first kappa shape index (κ1) is 29.0. The third kappa shape index (κ3) is 5.27. The number of nitrogens with zero attached hydrogens (tertiary/aromatic N) is 1. The fourth-order valence-electron chi connectivity index (χ4n) is 6.58. The summed E-state index contributed by atoms with van der Waals surface area (Å²) in [6.07, 6.45) is 0. The molecule has 0 fully saturated rings. The fourth-order valence-corrected chi connectivity index (χ4v) is 8.72. The maximum Gasteiger partial charge on any atom is 0.0541 e. The normalized spacial score (nSPS) is 11.4. The van der Waals surface area contributed by atoms with Crippen LogP contribution in [0.3, 0.4) is 0 Å². The monoisotopic (exact) mass is 669 g/mol. The van der Waals surface area contributed by atoms with Crippen LogP contribution in [0.15, 0.2) is 170 Å². The van der Waals surface area contributed by atoms with E-state index in [2.05, 4.69) is 162 Å². The minimum Gasteiger partial charge on any atom is -0.309 e. The number of halogens is 1. The molecule has 0 bridgehead atoms. The van der Waals surface area contributed by atoms with E-state index in [9.17, 15) is 0 Å². The molecular formula is C44H28ClNS2. The zero-order valence-corrected chi connectivity index (χ0v) is 28.2. The molecule has 0 unspecified atom stereocenters. The Labute approximate surface area is 292 Å². The molecule has 0 saturated heterocycles. The Morgan fingerprint density at radius 3 is 1.40 bits per heavy atom. The molecule has 3 aromatic heterocycles. The topological polar surface area (TPSA) is 4.93 Å². The van der Waals surface area contributed by atoms with Crippen molar-refractivity contribution in [3.8, 4) is 58.6 Å². The zero-order chi connectivity index (χ0) is 32.0. The highest BCUT2D eigenvalue weighted by Crippen LogP contribution is 2.41. The molecule has 228 valence electrons. The van der Waals surface area contributed by atoms with Gasteiger partial charge in [0, 0.05) is 41.0 Å². The Kier molecular flexibility index (Phi) is 7.32. The first-order valence-electron chi connectivity index (χ1n) is 15.9. The van der Waals surface area contributed by atoms with Gasteiger partial charge in [0.1, 0.15) is 0 Å². The molecule has 0 atom stereocenters. The SMILES string of the molecule is Clc1ccc(-c2ccc3c(c2)c2cc(-c4ccc(-c5ccccc5)s4)ccc2n3-c2cccc(-c3ccc(-c4ccccc4)s3)c2)cc1. The van der Waals surface area contributed by atoms with Crippen LogP contribution < -0.4 is 0 Å². The summed E-state index contributed by atoms with van der Waals surface area (Å²) in [5.41, 5.74) is 10.8. The Balaban J connectivity index is 1.20. The van der Waals surface area contributed by atoms with Crippen molar-refractivity contribution in [2.75, 3.05) is 0 Å². The van der Waals surface area contributed by atoms with Crippen LogP contribution in [0.4, 0.5) is 0 Å². The van der Waals surface area contributed by atoms with Crippen LogP contribution >= 0.6 is 34.3 Å². The fraction of sp³-hybridized carbons (Fsp3) is 0. The van der Waals surface area contributed by atoms with Crippen LogP contribution in [-0.4, -0.2) is 4.57 Å². The summed E-state index contributed by atoms with van der Waals surface area (Å²) in [5.74, 6) is 0. The van der Waals surface area contributed by atoms with Gasteiger partial charge in [-0.3, -0.25) is 0 Å². The van der Waals surface area contributed by atoms with Crippen LogP contribution in [0.1, 0.15) is 0 Å². The number of hydrogen-bond acceptors (Lipinski definition) is 2. The molecule has 0 amide bonds. The second kappa shape index (κ2) is 12.1. The van der Waals surface area contributed by atoms with Crippen LogP contribution in [0.25, 0.3) is 80.4 Å². The largest absolute Gasteiger partial charge is 0.309 e. The lowest BCUT2D eigenvalue weighted by Crippen LogP contribution is -1.94. The van der Waals surface area contributed by atoms with E-state index in [1.54, 1.807) is 0 Å². The molecule has 4 heteroatoms. The number of thiophene rings is 2. The first-order valence-corrected chi connectivity index (χ1v) is 17.9. The molecule has 6 aromatic carbocycles. The van der Waals surface area contributed by atoms with Gasteiger partial charge in [0.05, 0.1) is 11.0 Å². The van der Waals surface area contributed by atoms with Crippen molar-refractivity contribution in [2.24, 2.45) is 0 Å². The third-order valence-corrected chi connectivity index (χ3v) is 11.6. The number of rotatable bonds is 6. The lowest BCUT2D eigenvalue weighted by atomic mass is 10.0. The minimum absolute atomic E-state index is 0.744. The van der Waals surface area contributed by atoms with E-state index >= 15 is 0 Å². The molecular weight excluding hydrogens is 642 g/mol. The Morgan fingerprint density at radius 2 is 0.812 bits per heavy atom. The van der Waals surface area contributed by atoms with E-state index in [1.807, 2.05) is 34.8 Å². The van der Waals surface area contributed by atoms with Gasteiger partial charge in [-0.15, -0.1) is 22.7 Å². The smallest absolute Gasteiger partial charge is 0.0541 e. The van der Waals surface area contributed by atoms with Gasteiger partial charge in [-0.05, 0) is 106 Å². The molecule has 0 N–H and O–H groups in total. The molecule has 0 aliphatic rings. The van der Waals surface area contributed by atoms with Gasteiger partial charge in [0.15, 0.2) is 0 Å². The van der Waals surface area contributed by atoms with Crippen molar-refractivity contribution >= 4 is 56.1 Å². The van der Waals surface area contributed by atoms with Crippen LogP contribution in [0.2, 0.25) is 5.02 Å². The molecule has 0 saturated carbocycles. The second-order valence-corrected chi connectivity index (χ2v) is 14.5. The quantitative estimate of drug-likeness (QED) is 0.166. The van der Waals surface area contributed by atoms with Gasteiger partial charge >= 0.3 is 0 Å². The molecule has 0 spiro atoms. The summed E-state index contributed by atoms with van der Waals surface area (Å²) in [6, 6.07) is 61.0. The van der Waals surface area contributed by atoms with E-state index in [0.29, 0.717) is 0 Å². The molecule has 0 aliphatic carbocycles. The lowest BCUT2D eigenvalue weighted by Gasteiger charge is -2.10. The summed E-state index contributed by atoms with van der Waals surface area (Å²) in [4.78, 5) is 5.08. The Bertz CT molecular complexity index is 2560. The molecule has 9 aromatic rings. The van der Waals surface area contributed by atoms with E-state index in [1.165, 1.54) is 69.1 Å². The lowest BCUT2D eigenvalue weighted by molar-refractivity contribution is 1.18. The van der Waals surface area contributed by atoms with E-state index in [0.717, 1.165) is 16.3 Å². The molecule has 0 radical (unpaired) electrons. The van der Waals surface area contributed by atoms with E-state index in [4.69, 9.17) is 11.6 Å². The van der Waals surface area contributed by atoms with Gasteiger partial charge in [-0.1, -0.05) is 109 Å². The predicted octanol–water partition coefficient (Wildman–Crippen LogP) is 13.9. The summed E-state index contributed by atoms with van der Waals surface area (Å²) >= 11 is 9.92. The predicted molar refractivity (Wildman–Crippen MR) is 209 cm³/mol. The third-order valence-electron chi connectivity index (χ3n) is 8.94. The highest BCUT2D eigenvalue weighted by Gasteiger charge is 2.16. The van der Waals surface area contributed by atoms with Crippen molar-refractivity contribution in [1.82, 2.24) is 4.57 Å². The number of fused-ring (bicyclic) bond motifs is 3. The summed E-state index contributed by atoms with van der Waals surface area (Å²) in [7, 11) is 0. The number of hydrogen-bond donors (Lipinski definition) is 0. The highest BCUT2D eigenvalue weighted by atomic mass is 35.5. The van der Waals surface area contributed by atoms with Crippen LogP contribution in [0.5, 0.6) is 0 Å². The van der Waals surface area contributed by atoms with Gasteiger partial charge in [-0.2, -0.15) is 0 Å². The molecule has 9 rings (SSSR count). The van der Waals surface area contributed by atoms with Crippen LogP contribution in [-0.2, 0) is 0 Å². The summed E-state index contributed by atoms with van der Waals surface area (Å²) in [5, 5.41) is 3.21. The number of benzene rings is 6. The molecule has 1 nitrogen and oxygen atoms in total. The summed E-state index contributed by atoms with van der Waals surface area (Å²) < 4.78 is 2.42. The first-order chi connectivity index (χ1) is 23.7. The Hall–Kier alpha value is -5.19. The maximum atomic E-state index is 6.25. The standard InChI is InChI=1S/C44H28ClNS2/c45-35-18-14-29(15-19-35)32-16-20-39-37(27-32)38-28-34(44-25-23-42(48-44)31-10-5-2-6-11-31)17-21-40(38)46(39)36-13-7-12-33(26-36)43-24-22-41(47-43)30-8-3-1-4-9-30/h1-28H. The van der Waals surface area contributed by atoms with Crippen molar-refractivity contribution in [1.29, 1.82) is 0 Å². The van der Waals surface area contributed by atoms with Crippen molar-refractivity contribution in [2.45, 2.75) is 0 Å². The zero-order valence-electron chi connectivity index (χ0n) is 25.8. The van der Waals surface area contributed by atoms with Crippen molar-refractivity contribution < 1.29 is 0 Å². The van der Waals surface area contributed by atoms with Gasteiger partial charge in [0.25, 0.3) is 0 Å². The highest BCUT2D eigenvalue weighted by molar-refractivity contribution is 7.19. The van der Waals surface area contributed by atoms with Gasteiger partial charge < -0.3 is 4.57 Å². The molecule has 0 aliphatic heterocycles. The average Bonchev–Trinajstić information content (AvgIpc) is 3.91. The van der Waals surface area contributed by atoms with Gasteiger partial charge in [0.2, 0.25) is 0 Å². The maximum absolute atomic E-state index is 6.25. The molecule has 3 heterocycles. The Morgan fingerprint density at radius 1 is 0.354 bits per heavy atom. The second-order valence-electron chi connectivity index (χ2n) is 11.9. The molecule has 48 heavy (non-hydrogen) atoms. The van der Waals surface area contributed by atoms with Crippen LogP contribution in [0, 0.1) is 0 Å². The minimum atomic E-state index is 0.744. The van der Waals surface area contributed by atoms with E-state index in [-0.39, 0.29) is 0 Å². The number of aromatic nitrogens is 1.